The van der Waals surface area contributed by atoms with Crippen LogP contribution < -0.4 is 0 Å². The molecule has 0 amide bonds. The predicted molar refractivity (Wildman–Crippen MR) is 58.1 cm³/mol. The van der Waals surface area contributed by atoms with Crippen LogP contribution in [0.1, 0.15) is 50.7 Å². The second-order valence-corrected chi connectivity index (χ2v) is 5.01. The average molecular weight is 357 g/mol. The van der Waals surface area contributed by atoms with Gasteiger partial charge in [0.25, 0.3) is 0 Å². The quantitative estimate of drug-likeness (QED) is 0.775. The zero-order valence-corrected chi connectivity index (χ0v) is 12.9. The van der Waals surface area contributed by atoms with Crippen LogP contribution in [-0.4, -0.2) is 0 Å². The molecule has 0 N–H and O–H groups in total. The van der Waals surface area contributed by atoms with Gasteiger partial charge >= 0.3 is 98.8 Å². The van der Waals surface area contributed by atoms with E-state index in [9.17, 15) is 0 Å². The number of rotatable bonds is 3. The number of para-hydroxylation sites is 1. The van der Waals surface area contributed by atoms with Crippen LogP contribution in [-0.2, 0) is 20.9 Å². The van der Waals surface area contributed by atoms with Gasteiger partial charge in [-0.1, -0.05) is 0 Å². The van der Waals surface area contributed by atoms with Gasteiger partial charge in [-0.25, -0.2) is 0 Å². The van der Waals surface area contributed by atoms with Crippen LogP contribution in [0.2, 0.25) is 0 Å². The summed E-state index contributed by atoms with van der Waals surface area (Å²) < 4.78 is 4.55. The van der Waals surface area contributed by atoms with E-state index in [0.717, 1.165) is 20.9 Å². The Morgan fingerprint density at radius 2 is 1.43 bits per heavy atom. The van der Waals surface area contributed by atoms with Crippen molar-refractivity contribution in [1.29, 1.82) is 0 Å². The van der Waals surface area contributed by atoms with Crippen LogP contribution in [0.3, 0.4) is 0 Å². The molecule has 1 aromatic carbocycles. The third kappa shape index (κ3) is 2.41. The Morgan fingerprint density at radius 1 is 1.00 bits per heavy atom. The minimum absolute atomic E-state index is 0.571. The third-order valence-corrected chi connectivity index (χ3v) is 3.26. The summed E-state index contributed by atoms with van der Waals surface area (Å²) in [4.78, 5) is 0. The molecule has 0 fully saturated rings. The summed E-state index contributed by atoms with van der Waals surface area (Å²) in [7, 11) is 0. The zero-order chi connectivity index (χ0) is 10.7. The second kappa shape index (κ2) is 5.01. The Hall–Kier alpha value is -0.240. The van der Waals surface area contributed by atoms with E-state index in [2.05, 4.69) is 49.2 Å². The van der Waals surface area contributed by atoms with E-state index in [1.165, 1.54) is 16.8 Å². The molecular formula is C12H18NTa. The molecule has 2 heteroatoms. The topological polar surface area (TPSA) is 12.4 Å². The zero-order valence-electron chi connectivity index (χ0n) is 9.33. The van der Waals surface area contributed by atoms with E-state index in [1.807, 2.05) is 0 Å². The van der Waals surface area contributed by atoms with Crippen LogP contribution in [0.15, 0.2) is 21.5 Å². The molecule has 1 nitrogen and oxygen atoms in total. The third-order valence-electron chi connectivity index (χ3n) is 2.45. The molecule has 0 unspecified atom stereocenters. The average Bonchev–Trinajstić information content (AvgIpc) is 2.16. The van der Waals surface area contributed by atoms with Crippen molar-refractivity contribution in [2.24, 2.45) is 3.34 Å². The van der Waals surface area contributed by atoms with Gasteiger partial charge in [-0.3, -0.25) is 0 Å². The monoisotopic (exact) mass is 357 g/mol. The summed E-state index contributed by atoms with van der Waals surface area (Å²) in [6.07, 6.45) is 0. The molecule has 0 saturated heterocycles. The van der Waals surface area contributed by atoms with Gasteiger partial charge in [-0.05, 0) is 0 Å². The molecule has 14 heavy (non-hydrogen) atoms. The molecule has 0 aliphatic carbocycles. The summed E-state index contributed by atoms with van der Waals surface area (Å²) >= 11 is 0.890. The van der Waals surface area contributed by atoms with E-state index in [0.29, 0.717) is 11.8 Å². The van der Waals surface area contributed by atoms with Gasteiger partial charge in [0, 0.05) is 0 Å². The Bertz CT molecular complexity index is 303. The Morgan fingerprint density at radius 3 is 1.71 bits per heavy atom. The van der Waals surface area contributed by atoms with E-state index in [4.69, 9.17) is 0 Å². The molecular weight excluding hydrogens is 339 g/mol. The Balaban J connectivity index is 3.32. The number of hydrogen-bond acceptors (Lipinski definition) is 1. The summed E-state index contributed by atoms with van der Waals surface area (Å²) in [5.74, 6) is 1.14. The van der Waals surface area contributed by atoms with Crippen molar-refractivity contribution in [3.63, 3.8) is 0 Å². The fourth-order valence-electron chi connectivity index (χ4n) is 1.64. The van der Waals surface area contributed by atoms with Crippen molar-refractivity contribution < 1.29 is 20.9 Å². The van der Waals surface area contributed by atoms with Gasteiger partial charge in [-0.15, -0.1) is 0 Å². The molecule has 0 saturated carbocycles. The molecule has 0 atom stereocenters. The van der Waals surface area contributed by atoms with Crippen molar-refractivity contribution in [2.75, 3.05) is 0 Å². The van der Waals surface area contributed by atoms with Crippen LogP contribution in [0, 0.1) is 0 Å². The minimum atomic E-state index is 0.571. The molecule has 1 aromatic rings. The number of hydrogen-bond donors (Lipinski definition) is 0. The van der Waals surface area contributed by atoms with Crippen LogP contribution in [0.4, 0.5) is 5.69 Å². The van der Waals surface area contributed by atoms with Crippen molar-refractivity contribution >= 4 is 5.69 Å². The molecule has 0 heterocycles. The van der Waals surface area contributed by atoms with Crippen molar-refractivity contribution in [3.8, 4) is 0 Å². The second-order valence-electron chi connectivity index (χ2n) is 4.21. The fourth-order valence-corrected chi connectivity index (χ4v) is 2.57. The first kappa shape index (κ1) is 11.8. The van der Waals surface area contributed by atoms with Crippen molar-refractivity contribution in [2.45, 2.75) is 39.5 Å². The van der Waals surface area contributed by atoms with E-state index < -0.39 is 0 Å². The van der Waals surface area contributed by atoms with Gasteiger partial charge in [0.05, 0.1) is 0 Å². The first-order valence-corrected chi connectivity index (χ1v) is 6.68. The van der Waals surface area contributed by atoms with Gasteiger partial charge in [0.1, 0.15) is 0 Å². The molecule has 0 radical (unpaired) electrons. The van der Waals surface area contributed by atoms with Crippen LogP contribution >= 0.6 is 0 Å². The molecule has 0 bridgehead atoms. The molecule has 0 aromatic heterocycles. The van der Waals surface area contributed by atoms with E-state index >= 15 is 0 Å². The standard InChI is InChI=1S/C12H17N.Ta.H/c1-8(2)10-6-5-7-11(9(3)4)12(10)13;;/h5-9H,1-4H3;;. The maximum atomic E-state index is 4.55. The van der Waals surface area contributed by atoms with Gasteiger partial charge < -0.3 is 0 Å². The van der Waals surface area contributed by atoms with Gasteiger partial charge in [-0.2, -0.15) is 0 Å². The van der Waals surface area contributed by atoms with E-state index in [-0.39, 0.29) is 0 Å². The Kier molecular flexibility index (Phi) is 4.24. The summed E-state index contributed by atoms with van der Waals surface area (Å²) in [5, 5.41) is 0. The van der Waals surface area contributed by atoms with Crippen molar-refractivity contribution in [1.82, 2.24) is 0 Å². The molecule has 0 aliphatic rings. The normalized spacial score (nSPS) is 11.0. The van der Waals surface area contributed by atoms with Gasteiger partial charge in [0.2, 0.25) is 0 Å². The first-order chi connectivity index (χ1) is 6.57. The first-order valence-electron chi connectivity index (χ1n) is 5.08. The molecule has 76 valence electrons. The van der Waals surface area contributed by atoms with Crippen molar-refractivity contribution in [3.05, 3.63) is 29.3 Å². The molecule has 0 spiro atoms. The maximum absolute atomic E-state index is 4.55. The SMILES string of the molecule is CC(C)c1cccc(C(C)C)c1[N]=[TaH]. The molecule has 0 aliphatic heterocycles. The summed E-state index contributed by atoms with van der Waals surface area (Å²) in [5.41, 5.74) is 4.04. The predicted octanol–water partition coefficient (Wildman–Crippen LogP) is 4.03. The number of benzene rings is 1. The van der Waals surface area contributed by atoms with Crippen LogP contribution in [0.25, 0.3) is 0 Å². The Labute approximate surface area is 98.7 Å². The number of nitrogens with zero attached hydrogens (tertiary/aromatic N) is 1. The van der Waals surface area contributed by atoms with Crippen LogP contribution in [0.5, 0.6) is 0 Å². The van der Waals surface area contributed by atoms with Gasteiger partial charge in [0.15, 0.2) is 0 Å². The fraction of sp³-hybridized carbons (Fsp3) is 0.500. The van der Waals surface area contributed by atoms with E-state index in [1.54, 1.807) is 0 Å². The summed E-state index contributed by atoms with van der Waals surface area (Å²) in [6, 6.07) is 6.56. The molecule has 1 rings (SSSR count). The summed E-state index contributed by atoms with van der Waals surface area (Å²) in [6.45, 7) is 8.93.